The van der Waals surface area contributed by atoms with Crippen LogP contribution < -0.4 is 11.1 Å². The second kappa shape index (κ2) is 6.57. The van der Waals surface area contributed by atoms with Gasteiger partial charge in [-0.25, -0.2) is 4.98 Å². The molecule has 0 aliphatic rings. The Kier molecular flexibility index (Phi) is 4.49. The van der Waals surface area contributed by atoms with Crippen LogP contribution in [-0.2, 0) is 0 Å². The first-order valence-corrected chi connectivity index (χ1v) is 8.32. The maximum absolute atomic E-state index is 5.79. The first-order chi connectivity index (χ1) is 11.4. The van der Waals surface area contributed by atoms with Crippen molar-refractivity contribution in [2.24, 2.45) is 0 Å². The highest BCUT2D eigenvalue weighted by Gasteiger charge is 2.12. The summed E-state index contributed by atoms with van der Waals surface area (Å²) in [5.74, 6) is 0.869. The van der Waals surface area contributed by atoms with Crippen LogP contribution in [0.2, 0.25) is 0 Å². The van der Waals surface area contributed by atoms with E-state index in [4.69, 9.17) is 5.73 Å². The number of aromatic nitrogens is 3. The fraction of sp³-hybridized carbons (Fsp3) is 0.167. The summed E-state index contributed by atoms with van der Waals surface area (Å²) < 4.78 is 0.919. The normalized spacial score (nSPS) is 10.7. The summed E-state index contributed by atoms with van der Waals surface area (Å²) in [6.07, 6.45) is 3.44. The van der Waals surface area contributed by atoms with Gasteiger partial charge in [0, 0.05) is 22.6 Å². The summed E-state index contributed by atoms with van der Waals surface area (Å²) in [6, 6.07) is 8.12. The van der Waals surface area contributed by atoms with E-state index < -0.39 is 0 Å². The van der Waals surface area contributed by atoms with Crippen molar-refractivity contribution < 1.29 is 0 Å². The molecule has 24 heavy (non-hydrogen) atoms. The molecule has 3 N–H and O–H groups in total. The number of hydrogen-bond donors (Lipinski definition) is 2. The molecule has 0 aliphatic heterocycles. The summed E-state index contributed by atoms with van der Waals surface area (Å²) in [6.45, 7) is 6.23. The highest BCUT2D eigenvalue weighted by molar-refractivity contribution is 9.10. The molecule has 0 saturated carbocycles. The Morgan fingerprint density at radius 1 is 1.00 bits per heavy atom. The molecule has 0 saturated heterocycles. The maximum Gasteiger partial charge on any atom is 0.221 e. The van der Waals surface area contributed by atoms with Crippen LogP contribution in [0.15, 0.2) is 41.1 Å². The molecule has 2 heterocycles. The van der Waals surface area contributed by atoms with E-state index >= 15 is 0 Å². The van der Waals surface area contributed by atoms with Crippen LogP contribution in [-0.4, -0.2) is 15.0 Å². The number of nitrogens with two attached hydrogens (primary N) is 1. The van der Waals surface area contributed by atoms with E-state index in [0.29, 0.717) is 5.82 Å². The lowest BCUT2D eigenvalue weighted by Crippen LogP contribution is -2.05. The number of aryl methyl sites for hydroxylation is 3. The smallest absolute Gasteiger partial charge is 0.221 e. The first kappa shape index (κ1) is 16.4. The Morgan fingerprint density at radius 2 is 1.71 bits per heavy atom. The predicted octanol–water partition coefficient (Wildman–Crippen LogP) is 4.55. The van der Waals surface area contributed by atoms with Gasteiger partial charge in [0.15, 0.2) is 0 Å². The number of halogens is 1. The van der Waals surface area contributed by atoms with E-state index in [2.05, 4.69) is 69.1 Å². The fourth-order valence-corrected chi connectivity index (χ4v) is 2.94. The van der Waals surface area contributed by atoms with Crippen LogP contribution in [0.5, 0.6) is 0 Å². The van der Waals surface area contributed by atoms with Crippen LogP contribution >= 0.6 is 15.9 Å². The van der Waals surface area contributed by atoms with Crippen molar-refractivity contribution in [3.63, 3.8) is 0 Å². The van der Waals surface area contributed by atoms with Gasteiger partial charge in [-0.15, -0.1) is 0 Å². The van der Waals surface area contributed by atoms with Gasteiger partial charge in [0.25, 0.3) is 0 Å². The number of benzene rings is 1. The molecule has 6 heteroatoms. The molecular weight excluding hydrogens is 366 g/mol. The highest BCUT2D eigenvalue weighted by atomic mass is 79.9. The van der Waals surface area contributed by atoms with Gasteiger partial charge in [0.05, 0.1) is 11.3 Å². The fourth-order valence-electron chi connectivity index (χ4n) is 2.71. The van der Waals surface area contributed by atoms with Crippen molar-refractivity contribution in [1.29, 1.82) is 0 Å². The number of rotatable bonds is 3. The summed E-state index contributed by atoms with van der Waals surface area (Å²) in [5.41, 5.74) is 11.9. The minimum Gasteiger partial charge on any atom is -0.368 e. The summed E-state index contributed by atoms with van der Waals surface area (Å²) in [4.78, 5) is 12.9. The van der Waals surface area contributed by atoms with E-state index in [1.54, 1.807) is 12.4 Å². The summed E-state index contributed by atoms with van der Waals surface area (Å²) in [5, 5.41) is 3.41. The quantitative estimate of drug-likeness (QED) is 0.693. The maximum atomic E-state index is 5.79. The molecule has 5 nitrogen and oxygen atoms in total. The van der Waals surface area contributed by atoms with Gasteiger partial charge in [-0.1, -0.05) is 17.7 Å². The van der Waals surface area contributed by atoms with Crippen LogP contribution in [0, 0.1) is 20.8 Å². The molecule has 0 unspecified atom stereocenters. The number of nitrogen functional groups attached to an aromatic ring is 1. The average Bonchev–Trinajstić information content (AvgIpc) is 2.52. The van der Waals surface area contributed by atoms with Gasteiger partial charge in [-0.3, -0.25) is 4.98 Å². The largest absolute Gasteiger partial charge is 0.368 e. The molecule has 3 aromatic rings. The summed E-state index contributed by atoms with van der Waals surface area (Å²) in [7, 11) is 0. The van der Waals surface area contributed by atoms with Gasteiger partial charge < -0.3 is 11.1 Å². The lowest BCUT2D eigenvalue weighted by Gasteiger charge is -2.16. The van der Waals surface area contributed by atoms with E-state index in [1.807, 2.05) is 12.1 Å². The van der Waals surface area contributed by atoms with Crippen LogP contribution in [0.4, 0.5) is 17.5 Å². The molecule has 122 valence electrons. The highest BCUT2D eigenvalue weighted by Crippen LogP contribution is 2.31. The van der Waals surface area contributed by atoms with Crippen molar-refractivity contribution in [1.82, 2.24) is 15.0 Å². The zero-order valence-electron chi connectivity index (χ0n) is 13.8. The van der Waals surface area contributed by atoms with Crippen molar-refractivity contribution in [2.45, 2.75) is 20.8 Å². The van der Waals surface area contributed by atoms with Gasteiger partial charge in [0.1, 0.15) is 5.82 Å². The number of anilines is 3. The van der Waals surface area contributed by atoms with Crippen molar-refractivity contribution in [3.8, 4) is 11.3 Å². The van der Waals surface area contributed by atoms with Crippen molar-refractivity contribution >= 4 is 33.4 Å². The van der Waals surface area contributed by atoms with E-state index in [9.17, 15) is 0 Å². The second-order valence-electron chi connectivity index (χ2n) is 5.75. The SMILES string of the molecule is Cc1cc(C)c(Nc2nc(N)ncc2-c2ccc(Br)cn2)c(C)c1. The molecule has 1 aromatic carbocycles. The standard InChI is InChI=1S/C18H18BrN5/c1-10-6-11(2)16(12(3)7-10)23-17-14(9-22-18(20)24-17)15-5-4-13(19)8-21-15/h4-9H,1-3H3,(H3,20,22,23,24). The number of nitrogens with zero attached hydrogens (tertiary/aromatic N) is 3. The van der Waals surface area contributed by atoms with Crippen LogP contribution in [0.25, 0.3) is 11.3 Å². The predicted molar refractivity (Wildman–Crippen MR) is 101 cm³/mol. The zero-order valence-corrected chi connectivity index (χ0v) is 15.3. The van der Waals surface area contributed by atoms with Crippen LogP contribution in [0.3, 0.4) is 0 Å². The first-order valence-electron chi connectivity index (χ1n) is 7.53. The van der Waals surface area contributed by atoms with Crippen molar-refractivity contribution in [3.05, 3.63) is 57.8 Å². The summed E-state index contributed by atoms with van der Waals surface area (Å²) >= 11 is 3.40. The molecular formula is C18H18BrN5. The van der Waals surface area contributed by atoms with Gasteiger partial charge >= 0.3 is 0 Å². The molecule has 0 radical (unpaired) electrons. The molecule has 2 aromatic heterocycles. The van der Waals surface area contributed by atoms with E-state index in [0.717, 1.165) is 32.5 Å². The van der Waals surface area contributed by atoms with Gasteiger partial charge in [-0.05, 0) is 60.0 Å². The van der Waals surface area contributed by atoms with Crippen molar-refractivity contribution in [2.75, 3.05) is 11.1 Å². The lowest BCUT2D eigenvalue weighted by molar-refractivity contribution is 1.17. The molecule has 0 atom stereocenters. The third-order valence-electron chi connectivity index (χ3n) is 3.73. The number of nitrogens with one attached hydrogen (secondary N) is 1. The molecule has 0 bridgehead atoms. The number of hydrogen-bond acceptors (Lipinski definition) is 5. The van der Waals surface area contributed by atoms with Gasteiger partial charge in [-0.2, -0.15) is 4.98 Å². The lowest BCUT2D eigenvalue weighted by atomic mass is 10.0. The average molecular weight is 384 g/mol. The Morgan fingerprint density at radius 3 is 2.33 bits per heavy atom. The number of pyridine rings is 1. The third-order valence-corrected chi connectivity index (χ3v) is 4.20. The minimum atomic E-state index is 0.223. The van der Waals surface area contributed by atoms with Crippen LogP contribution in [0.1, 0.15) is 16.7 Å². The van der Waals surface area contributed by atoms with Gasteiger partial charge in [0.2, 0.25) is 5.95 Å². The Bertz CT molecular complexity index is 867. The second-order valence-corrected chi connectivity index (χ2v) is 6.67. The Labute approximate surface area is 149 Å². The monoisotopic (exact) mass is 383 g/mol. The minimum absolute atomic E-state index is 0.223. The molecule has 0 spiro atoms. The van der Waals surface area contributed by atoms with E-state index in [1.165, 1.54) is 5.56 Å². The van der Waals surface area contributed by atoms with E-state index in [-0.39, 0.29) is 5.95 Å². The zero-order chi connectivity index (χ0) is 17.3. The molecule has 0 fully saturated rings. The third kappa shape index (κ3) is 3.38. The Hall–Kier alpha value is -2.47. The molecule has 0 amide bonds. The molecule has 0 aliphatic carbocycles. The molecule has 3 rings (SSSR count). The topological polar surface area (TPSA) is 76.7 Å². The Balaban J connectivity index is 2.08.